The van der Waals surface area contributed by atoms with Crippen LogP contribution in [0.5, 0.6) is 0 Å². The number of rotatable bonds is 4. The predicted octanol–water partition coefficient (Wildman–Crippen LogP) is 2.62. The Morgan fingerprint density at radius 1 is 1.11 bits per heavy atom. The monoisotopic (exact) mass is 255 g/mol. The van der Waals surface area contributed by atoms with Crippen LogP contribution in [0.1, 0.15) is 17.5 Å². The minimum atomic E-state index is 0.0439. The van der Waals surface area contributed by atoms with Crippen LogP contribution in [0.3, 0.4) is 0 Å². The molecule has 0 bridgehead atoms. The summed E-state index contributed by atoms with van der Waals surface area (Å²) in [5.41, 5.74) is 3.20. The van der Waals surface area contributed by atoms with Crippen LogP contribution in [0.15, 0.2) is 48.8 Å². The number of benzene rings is 1. The Morgan fingerprint density at radius 3 is 2.47 bits per heavy atom. The van der Waals surface area contributed by atoms with Gasteiger partial charge in [-0.1, -0.05) is 18.2 Å². The van der Waals surface area contributed by atoms with E-state index in [1.165, 1.54) is 5.56 Å². The quantitative estimate of drug-likeness (QED) is 0.837. The summed E-state index contributed by atoms with van der Waals surface area (Å²) < 4.78 is 2.02. The normalized spacial score (nSPS) is 10.2. The van der Waals surface area contributed by atoms with E-state index in [1.54, 1.807) is 0 Å². The highest BCUT2D eigenvalue weighted by Crippen LogP contribution is 2.13. The van der Waals surface area contributed by atoms with E-state index in [9.17, 15) is 4.79 Å². The first-order valence-electron chi connectivity index (χ1n) is 6.46. The number of hydrogen-bond acceptors (Lipinski definition) is 1. The van der Waals surface area contributed by atoms with Gasteiger partial charge in [0.25, 0.3) is 0 Å². The highest BCUT2D eigenvalue weighted by molar-refractivity contribution is 5.91. The Bertz CT molecular complexity index is 561. The molecule has 0 saturated heterocycles. The average molecular weight is 255 g/mol. The Balaban J connectivity index is 1.88. The summed E-state index contributed by atoms with van der Waals surface area (Å²) in [6.45, 7) is 4.73. The summed E-state index contributed by atoms with van der Waals surface area (Å²) >= 11 is 0. The first kappa shape index (κ1) is 13.3. The molecule has 2 aromatic rings. The van der Waals surface area contributed by atoms with E-state index in [2.05, 4.69) is 12.2 Å². The summed E-state index contributed by atoms with van der Waals surface area (Å²) in [5, 5.41) is 2.94. The molecule has 0 aliphatic heterocycles. The van der Waals surface area contributed by atoms with Crippen molar-refractivity contribution in [1.82, 2.24) is 0 Å². The number of hydrogen-bond donors (Lipinski definition) is 1. The molecule has 0 fully saturated rings. The molecule has 0 saturated carbocycles. The summed E-state index contributed by atoms with van der Waals surface area (Å²) in [6, 6.07) is 11.9. The van der Waals surface area contributed by atoms with Gasteiger partial charge in [-0.2, -0.15) is 0 Å². The molecule has 0 atom stereocenters. The lowest BCUT2D eigenvalue weighted by Crippen LogP contribution is -2.34. The molecule has 0 unspecified atom stereocenters. The van der Waals surface area contributed by atoms with Crippen LogP contribution < -0.4 is 9.88 Å². The molecule has 1 aromatic carbocycles. The van der Waals surface area contributed by atoms with Gasteiger partial charge in [0, 0.05) is 17.8 Å². The number of carbonyl (C=O) groups excluding carboxylic acids is 1. The van der Waals surface area contributed by atoms with Crippen LogP contribution in [0.25, 0.3) is 0 Å². The lowest BCUT2D eigenvalue weighted by molar-refractivity contribution is -0.695. The van der Waals surface area contributed by atoms with Crippen molar-refractivity contribution in [3.8, 4) is 0 Å². The maximum atomic E-state index is 11.9. The van der Waals surface area contributed by atoms with Gasteiger partial charge in [-0.05, 0) is 31.0 Å². The van der Waals surface area contributed by atoms with E-state index < -0.39 is 0 Å². The first-order valence-corrected chi connectivity index (χ1v) is 6.46. The van der Waals surface area contributed by atoms with Crippen molar-refractivity contribution in [1.29, 1.82) is 0 Å². The zero-order chi connectivity index (χ0) is 13.7. The second-order valence-corrected chi connectivity index (χ2v) is 4.73. The van der Waals surface area contributed by atoms with E-state index in [0.717, 1.165) is 11.3 Å². The van der Waals surface area contributed by atoms with Crippen LogP contribution in [-0.4, -0.2) is 5.91 Å². The number of nitrogens with zero attached hydrogens (tertiary/aromatic N) is 1. The van der Waals surface area contributed by atoms with Gasteiger partial charge in [0.05, 0.1) is 6.42 Å². The van der Waals surface area contributed by atoms with Gasteiger partial charge in [0.15, 0.2) is 18.9 Å². The molecule has 0 spiro atoms. The SMILES string of the molecule is Cc1cc[n+](CCC(=O)Nc2ccccc2C)cc1. The lowest BCUT2D eigenvalue weighted by atomic mass is 10.2. The maximum absolute atomic E-state index is 11.9. The van der Waals surface area contributed by atoms with Crippen LogP contribution in [-0.2, 0) is 11.3 Å². The fourth-order valence-electron chi connectivity index (χ4n) is 1.84. The number of amides is 1. The minimum absolute atomic E-state index is 0.0439. The third-order valence-corrected chi connectivity index (χ3v) is 3.07. The van der Waals surface area contributed by atoms with Crippen molar-refractivity contribution < 1.29 is 9.36 Å². The highest BCUT2D eigenvalue weighted by atomic mass is 16.1. The highest BCUT2D eigenvalue weighted by Gasteiger charge is 2.07. The number of para-hydroxylation sites is 1. The van der Waals surface area contributed by atoms with Crippen LogP contribution >= 0.6 is 0 Å². The Kier molecular flexibility index (Phi) is 4.29. The Hall–Kier alpha value is -2.16. The van der Waals surface area contributed by atoms with E-state index in [4.69, 9.17) is 0 Å². The van der Waals surface area contributed by atoms with Gasteiger partial charge >= 0.3 is 0 Å². The third kappa shape index (κ3) is 3.91. The molecular formula is C16H19N2O+. The molecule has 1 aromatic heterocycles. The molecule has 19 heavy (non-hydrogen) atoms. The summed E-state index contributed by atoms with van der Waals surface area (Å²) in [6.07, 6.45) is 4.47. The number of nitrogens with one attached hydrogen (secondary N) is 1. The topological polar surface area (TPSA) is 33.0 Å². The van der Waals surface area contributed by atoms with Crippen molar-refractivity contribution in [2.75, 3.05) is 5.32 Å². The summed E-state index contributed by atoms with van der Waals surface area (Å²) in [5.74, 6) is 0.0439. The smallest absolute Gasteiger partial charge is 0.230 e. The van der Waals surface area contributed by atoms with E-state index in [1.807, 2.05) is 60.3 Å². The van der Waals surface area contributed by atoms with E-state index >= 15 is 0 Å². The Morgan fingerprint density at radius 2 is 1.79 bits per heavy atom. The number of aromatic nitrogens is 1. The van der Waals surface area contributed by atoms with Gasteiger partial charge in [-0.15, -0.1) is 0 Å². The molecule has 3 nitrogen and oxygen atoms in total. The molecule has 0 radical (unpaired) electrons. The molecule has 1 heterocycles. The molecule has 3 heteroatoms. The van der Waals surface area contributed by atoms with E-state index in [-0.39, 0.29) is 5.91 Å². The number of aryl methyl sites for hydroxylation is 3. The zero-order valence-electron chi connectivity index (χ0n) is 11.4. The standard InChI is InChI=1S/C16H18N2O/c1-13-7-10-18(11-8-13)12-9-16(19)17-15-6-4-3-5-14(15)2/h3-8,10-11H,9,12H2,1-2H3/p+1. The second kappa shape index (κ2) is 6.14. The predicted molar refractivity (Wildman–Crippen MR) is 75.8 cm³/mol. The molecule has 0 aliphatic rings. The molecule has 0 aliphatic carbocycles. The van der Waals surface area contributed by atoms with Gasteiger partial charge < -0.3 is 5.32 Å². The van der Waals surface area contributed by atoms with Crippen LogP contribution in [0.2, 0.25) is 0 Å². The van der Waals surface area contributed by atoms with Crippen molar-refractivity contribution in [3.05, 3.63) is 59.9 Å². The molecule has 2 rings (SSSR count). The largest absolute Gasteiger partial charge is 0.326 e. The van der Waals surface area contributed by atoms with Crippen molar-refractivity contribution in [2.24, 2.45) is 0 Å². The van der Waals surface area contributed by atoms with Crippen molar-refractivity contribution >= 4 is 11.6 Å². The maximum Gasteiger partial charge on any atom is 0.230 e. The fourth-order valence-corrected chi connectivity index (χ4v) is 1.84. The first-order chi connectivity index (χ1) is 9.15. The third-order valence-electron chi connectivity index (χ3n) is 3.07. The van der Waals surface area contributed by atoms with Crippen molar-refractivity contribution in [3.63, 3.8) is 0 Å². The van der Waals surface area contributed by atoms with Gasteiger partial charge in [-0.25, -0.2) is 4.57 Å². The average Bonchev–Trinajstić information content (AvgIpc) is 2.41. The molecule has 1 N–H and O–H groups in total. The van der Waals surface area contributed by atoms with Crippen LogP contribution in [0.4, 0.5) is 5.69 Å². The molecule has 1 amide bonds. The summed E-state index contributed by atoms with van der Waals surface area (Å²) in [7, 11) is 0. The van der Waals surface area contributed by atoms with Crippen LogP contribution in [0, 0.1) is 13.8 Å². The van der Waals surface area contributed by atoms with Gasteiger partial charge in [-0.3, -0.25) is 4.79 Å². The van der Waals surface area contributed by atoms with Gasteiger partial charge in [0.1, 0.15) is 0 Å². The lowest BCUT2D eigenvalue weighted by Gasteiger charge is -2.06. The number of pyridine rings is 1. The van der Waals surface area contributed by atoms with E-state index in [0.29, 0.717) is 13.0 Å². The fraction of sp³-hybridized carbons (Fsp3) is 0.250. The zero-order valence-corrected chi connectivity index (χ0v) is 11.4. The number of carbonyl (C=O) groups is 1. The summed E-state index contributed by atoms with van der Waals surface area (Å²) in [4.78, 5) is 11.9. The Labute approximate surface area is 113 Å². The second-order valence-electron chi connectivity index (χ2n) is 4.73. The molecule has 98 valence electrons. The minimum Gasteiger partial charge on any atom is -0.326 e. The molecular weight excluding hydrogens is 236 g/mol. The van der Waals surface area contributed by atoms with Crippen molar-refractivity contribution in [2.45, 2.75) is 26.8 Å². The number of anilines is 1. The van der Waals surface area contributed by atoms with Gasteiger partial charge in [0.2, 0.25) is 5.91 Å².